The molecule has 0 aliphatic carbocycles. The molecule has 2 rings (SSSR count). The van der Waals surface area contributed by atoms with Crippen LogP contribution in [0.15, 0.2) is 27.2 Å². The first-order valence-corrected chi connectivity index (χ1v) is 6.74. The predicted octanol–water partition coefficient (Wildman–Crippen LogP) is 3.54. The minimum Gasteiger partial charge on any atom is -0.361 e. The highest BCUT2D eigenvalue weighted by atomic mass is 79.9. The fourth-order valence-corrected chi connectivity index (χ4v) is 2.42. The highest BCUT2D eigenvalue weighted by molar-refractivity contribution is 9.10. The Morgan fingerprint density at radius 1 is 1.37 bits per heavy atom. The number of nitrogens with one attached hydrogen (secondary N) is 1. The van der Waals surface area contributed by atoms with Crippen molar-refractivity contribution < 1.29 is 9.32 Å². The third kappa shape index (κ3) is 3.23. The third-order valence-electron chi connectivity index (χ3n) is 2.92. The Labute approximate surface area is 120 Å². The molecule has 19 heavy (non-hydrogen) atoms. The Balaban J connectivity index is 2.10. The number of amides is 1. The van der Waals surface area contributed by atoms with E-state index < -0.39 is 0 Å². The standard InChI is InChI=1S/C14H15BrN2O2/c1-8-4-5-13(12(15)6-8)16-14(18)7-11-9(2)17-19-10(11)3/h4-6H,7H2,1-3H3,(H,16,18). The predicted molar refractivity (Wildman–Crippen MR) is 77.2 cm³/mol. The number of aryl methyl sites for hydroxylation is 3. The van der Waals surface area contributed by atoms with Gasteiger partial charge in [0.25, 0.3) is 0 Å². The van der Waals surface area contributed by atoms with E-state index in [9.17, 15) is 4.79 Å². The number of hydrogen-bond acceptors (Lipinski definition) is 3. The highest BCUT2D eigenvalue weighted by Crippen LogP contribution is 2.23. The van der Waals surface area contributed by atoms with Crippen LogP contribution in [0.4, 0.5) is 5.69 Å². The molecule has 0 unspecified atom stereocenters. The quantitative estimate of drug-likeness (QED) is 0.940. The minimum absolute atomic E-state index is 0.0843. The summed E-state index contributed by atoms with van der Waals surface area (Å²) in [5, 5.41) is 6.72. The molecule has 100 valence electrons. The molecule has 1 aromatic carbocycles. The molecule has 0 saturated heterocycles. The highest BCUT2D eigenvalue weighted by Gasteiger charge is 2.14. The van der Waals surface area contributed by atoms with Crippen molar-refractivity contribution in [2.75, 3.05) is 5.32 Å². The van der Waals surface area contributed by atoms with Gasteiger partial charge >= 0.3 is 0 Å². The summed E-state index contributed by atoms with van der Waals surface area (Å²) in [4.78, 5) is 12.0. The van der Waals surface area contributed by atoms with Crippen LogP contribution >= 0.6 is 15.9 Å². The average molecular weight is 323 g/mol. The fourth-order valence-electron chi connectivity index (χ4n) is 1.83. The zero-order chi connectivity index (χ0) is 14.0. The summed E-state index contributed by atoms with van der Waals surface area (Å²) in [6.45, 7) is 5.64. The molecule has 0 spiro atoms. The van der Waals surface area contributed by atoms with Crippen molar-refractivity contribution in [1.82, 2.24) is 5.16 Å². The van der Waals surface area contributed by atoms with Crippen molar-refractivity contribution in [3.8, 4) is 0 Å². The molecule has 0 atom stereocenters. The summed E-state index contributed by atoms with van der Waals surface area (Å²) in [7, 11) is 0. The summed E-state index contributed by atoms with van der Waals surface area (Å²) in [6, 6.07) is 5.80. The molecule has 0 bridgehead atoms. The van der Waals surface area contributed by atoms with Gasteiger partial charge in [0.2, 0.25) is 5.91 Å². The van der Waals surface area contributed by atoms with E-state index >= 15 is 0 Å². The van der Waals surface area contributed by atoms with E-state index in [-0.39, 0.29) is 12.3 Å². The van der Waals surface area contributed by atoms with E-state index in [0.717, 1.165) is 27.0 Å². The Hall–Kier alpha value is -1.62. The number of carbonyl (C=O) groups excluding carboxylic acids is 1. The summed E-state index contributed by atoms with van der Waals surface area (Å²) in [6.07, 6.45) is 0.265. The lowest BCUT2D eigenvalue weighted by molar-refractivity contribution is -0.115. The number of carbonyl (C=O) groups is 1. The van der Waals surface area contributed by atoms with Crippen LogP contribution in [0.3, 0.4) is 0 Å². The van der Waals surface area contributed by atoms with E-state index in [1.54, 1.807) is 0 Å². The summed E-state index contributed by atoms with van der Waals surface area (Å²) < 4.78 is 5.92. The van der Waals surface area contributed by atoms with E-state index in [1.165, 1.54) is 0 Å². The molecule has 1 amide bonds. The molecular weight excluding hydrogens is 308 g/mol. The van der Waals surface area contributed by atoms with Gasteiger partial charge in [-0.15, -0.1) is 0 Å². The van der Waals surface area contributed by atoms with Crippen molar-refractivity contribution in [2.24, 2.45) is 0 Å². The van der Waals surface area contributed by atoms with Crippen LogP contribution in [-0.2, 0) is 11.2 Å². The number of nitrogens with zero attached hydrogens (tertiary/aromatic N) is 1. The van der Waals surface area contributed by atoms with Crippen LogP contribution in [0.2, 0.25) is 0 Å². The maximum Gasteiger partial charge on any atom is 0.229 e. The Morgan fingerprint density at radius 2 is 2.11 bits per heavy atom. The summed E-state index contributed by atoms with van der Waals surface area (Å²) in [5.74, 6) is 0.606. The van der Waals surface area contributed by atoms with Crippen molar-refractivity contribution in [3.05, 3.63) is 45.3 Å². The summed E-state index contributed by atoms with van der Waals surface area (Å²) in [5.41, 5.74) is 3.51. The monoisotopic (exact) mass is 322 g/mol. The van der Waals surface area contributed by atoms with Crippen LogP contribution in [0.5, 0.6) is 0 Å². The molecule has 1 heterocycles. The Morgan fingerprint density at radius 3 is 2.68 bits per heavy atom. The Kier molecular flexibility index (Phi) is 4.04. The van der Waals surface area contributed by atoms with Crippen molar-refractivity contribution in [2.45, 2.75) is 27.2 Å². The van der Waals surface area contributed by atoms with Crippen LogP contribution < -0.4 is 5.32 Å². The van der Waals surface area contributed by atoms with E-state index in [4.69, 9.17) is 4.52 Å². The molecule has 0 saturated carbocycles. The lowest BCUT2D eigenvalue weighted by Crippen LogP contribution is -2.15. The molecule has 4 nitrogen and oxygen atoms in total. The van der Waals surface area contributed by atoms with Gasteiger partial charge in [-0.1, -0.05) is 11.2 Å². The molecule has 2 aromatic rings. The molecule has 0 aliphatic heterocycles. The van der Waals surface area contributed by atoms with E-state index in [1.807, 2.05) is 39.0 Å². The summed E-state index contributed by atoms with van der Waals surface area (Å²) >= 11 is 3.44. The number of hydrogen-bond donors (Lipinski definition) is 1. The first-order chi connectivity index (χ1) is 8.97. The van der Waals surface area contributed by atoms with E-state index in [0.29, 0.717) is 5.76 Å². The minimum atomic E-state index is -0.0843. The second kappa shape index (κ2) is 5.57. The van der Waals surface area contributed by atoms with E-state index in [2.05, 4.69) is 26.4 Å². The van der Waals surface area contributed by atoms with Crippen molar-refractivity contribution >= 4 is 27.5 Å². The lowest BCUT2D eigenvalue weighted by Gasteiger charge is -2.08. The zero-order valence-corrected chi connectivity index (χ0v) is 12.7. The van der Waals surface area contributed by atoms with Gasteiger partial charge < -0.3 is 9.84 Å². The maximum atomic E-state index is 12.0. The Bertz CT molecular complexity index is 600. The van der Waals surface area contributed by atoms with Gasteiger partial charge in [0.15, 0.2) is 0 Å². The van der Waals surface area contributed by atoms with Crippen LogP contribution in [-0.4, -0.2) is 11.1 Å². The molecule has 0 radical (unpaired) electrons. The average Bonchev–Trinajstić information content (AvgIpc) is 2.65. The number of rotatable bonds is 3. The van der Waals surface area contributed by atoms with Gasteiger partial charge in [0, 0.05) is 10.0 Å². The second-order valence-corrected chi connectivity index (χ2v) is 5.37. The molecule has 1 N–H and O–H groups in total. The number of aromatic nitrogens is 1. The number of anilines is 1. The number of halogens is 1. The van der Waals surface area contributed by atoms with Crippen LogP contribution in [0.1, 0.15) is 22.6 Å². The SMILES string of the molecule is Cc1ccc(NC(=O)Cc2c(C)noc2C)c(Br)c1. The third-order valence-corrected chi connectivity index (χ3v) is 3.57. The van der Waals surface area contributed by atoms with Gasteiger partial charge in [-0.2, -0.15) is 0 Å². The number of benzene rings is 1. The molecule has 5 heteroatoms. The first kappa shape index (κ1) is 13.8. The normalized spacial score (nSPS) is 10.5. The largest absolute Gasteiger partial charge is 0.361 e. The van der Waals surface area contributed by atoms with Crippen molar-refractivity contribution in [1.29, 1.82) is 0 Å². The van der Waals surface area contributed by atoms with Crippen LogP contribution in [0.25, 0.3) is 0 Å². The molecular formula is C14H15BrN2O2. The first-order valence-electron chi connectivity index (χ1n) is 5.95. The van der Waals surface area contributed by atoms with Gasteiger partial charge in [0.1, 0.15) is 5.76 Å². The zero-order valence-electron chi connectivity index (χ0n) is 11.1. The van der Waals surface area contributed by atoms with Crippen LogP contribution in [0, 0.1) is 20.8 Å². The van der Waals surface area contributed by atoms with Gasteiger partial charge in [-0.05, 0) is 54.4 Å². The van der Waals surface area contributed by atoms with Gasteiger partial charge in [-0.3, -0.25) is 4.79 Å². The molecule has 1 aromatic heterocycles. The van der Waals surface area contributed by atoms with Gasteiger partial charge in [-0.25, -0.2) is 0 Å². The topological polar surface area (TPSA) is 55.1 Å². The molecule has 0 aliphatic rings. The van der Waals surface area contributed by atoms with Crippen molar-refractivity contribution in [3.63, 3.8) is 0 Å². The smallest absolute Gasteiger partial charge is 0.229 e. The maximum absolute atomic E-state index is 12.0. The van der Waals surface area contributed by atoms with Gasteiger partial charge in [0.05, 0.1) is 17.8 Å². The fraction of sp³-hybridized carbons (Fsp3) is 0.286. The molecule has 0 fully saturated rings. The lowest BCUT2D eigenvalue weighted by atomic mass is 10.1. The second-order valence-electron chi connectivity index (χ2n) is 4.51.